The maximum atomic E-state index is 13.7. The van der Waals surface area contributed by atoms with E-state index in [9.17, 15) is 14.7 Å². The molecule has 1 N–H and O–H groups in total. The summed E-state index contributed by atoms with van der Waals surface area (Å²) in [6, 6.07) is 14.7. The maximum Gasteiger partial charge on any atom is 0.334 e. The number of aromatic hydroxyl groups is 1. The van der Waals surface area contributed by atoms with Gasteiger partial charge in [0.15, 0.2) is 5.78 Å². The number of hydrogen-bond acceptors (Lipinski definition) is 4. The number of carbonyl (C=O) groups is 2. The standard InChI is InChI=1S/C35H39ClO4/c1-34-17-16-30-27(29(34)14-15-31(34)32(38)22-6-11-26(37)12-7-22)13-8-24-19-28(33(39)40-3)23(20-35(24,30)2)18-21-4-9-25(36)10-5-21/h4-12,19,23,27,29-31,37H,13-18,20H2,1-3H3/t23-,27+,29+,30+,31-,34+,35+/m1/s1. The summed E-state index contributed by atoms with van der Waals surface area (Å²) in [5, 5.41) is 10.4. The van der Waals surface area contributed by atoms with E-state index in [-0.39, 0.29) is 40.2 Å². The van der Waals surface area contributed by atoms with Crippen molar-refractivity contribution >= 4 is 23.4 Å². The Hall–Kier alpha value is -2.85. The number of carbonyl (C=O) groups excluding carboxylic acids is 2. The molecule has 0 unspecified atom stereocenters. The SMILES string of the molecule is COC(=O)C1=CC2=CC[C@H]3[C@@H]4CC[C@H](C(=O)c5ccc(O)cc5)[C@@]4(C)CC[C@@H]3[C@@]2(C)C[C@H]1Cc1ccc(Cl)cc1. The zero-order chi connectivity index (χ0) is 28.2. The molecule has 6 rings (SSSR count). The number of phenols is 1. The predicted octanol–water partition coefficient (Wildman–Crippen LogP) is 7.99. The van der Waals surface area contributed by atoms with Gasteiger partial charge in [0.05, 0.1) is 7.11 Å². The third-order valence-electron chi connectivity index (χ3n) is 11.2. The second-order valence-corrected chi connectivity index (χ2v) is 13.5. The summed E-state index contributed by atoms with van der Waals surface area (Å²) in [5.41, 5.74) is 3.93. The summed E-state index contributed by atoms with van der Waals surface area (Å²) < 4.78 is 5.24. The lowest BCUT2D eigenvalue weighted by molar-refractivity contribution is -0.137. The van der Waals surface area contributed by atoms with Crippen LogP contribution in [0.2, 0.25) is 5.02 Å². The third kappa shape index (κ3) is 4.43. The van der Waals surface area contributed by atoms with Crippen molar-refractivity contribution in [2.45, 2.75) is 58.8 Å². The molecule has 4 aliphatic carbocycles. The average Bonchev–Trinajstić information content (AvgIpc) is 3.30. The molecule has 0 heterocycles. The number of hydrogen-bond donors (Lipinski definition) is 1. The topological polar surface area (TPSA) is 63.6 Å². The average molecular weight is 559 g/mol. The number of Topliss-reactive ketones (excluding diaryl/α,β-unsaturated/α-hetero) is 1. The lowest BCUT2D eigenvalue weighted by atomic mass is 9.46. The van der Waals surface area contributed by atoms with Gasteiger partial charge in [0, 0.05) is 22.1 Å². The smallest absolute Gasteiger partial charge is 0.334 e. The highest BCUT2D eigenvalue weighted by Crippen LogP contribution is 2.66. The number of allylic oxidation sites excluding steroid dienone is 3. The summed E-state index contributed by atoms with van der Waals surface area (Å²) in [4.78, 5) is 26.6. The van der Waals surface area contributed by atoms with Crippen LogP contribution in [0.3, 0.4) is 0 Å². The molecule has 7 atom stereocenters. The van der Waals surface area contributed by atoms with Crippen molar-refractivity contribution in [2.24, 2.45) is 40.4 Å². The second-order valence-electron chi connectivity index (χ2n) is 13.1. The number of benzene rings is 2. The molecular formula is C35H39ClO4. The van der Waals surface area contributed by atoms with E-state index in [0.717, 1.165) is 50.5 Å². The zero-order valence-electron chi connectivity index (χ0n) is 23.7. The van der Waals surface area contributed by atoms with Crippen LogP contribution in [0.15, 0.2) is 71.8 Å². The summed E-state index contributed by atoms with van der Waals surface area (Å²) in [6.45, 7) is 4.79. The monoisotopic (exact) mass is 558 g/mol. The normalized spacial score (nSPS) is 34.5. The van der Waals surface area contributed by atoms with Gasteiger partial charge in [0.2, 0.25) is 0 Å². The Morgan fingerprint density at radius 1 is 1.00 bits per heavy atom. The van der Waals surface area contributed by atoms with Gasteiger partial charge in [-0.25, -0.2) is 4.79 Å². The largest absolute Gasteiger partial charge is 0.508 e. The van der Waals surface area contributed by atoms with E-state index in [0.29, 0.717) is 28.3 Å². The quantitative estimate of drug-likeness (QED) is 0.298. The lowest BCUT2D eigenvalue weighted by Gasteiger charge is -2.57. The lowest BCUT2D eigenvalue weighted by Crippen LogP contribution is -2.51. The fourth-order valence-corrected chi connectivity index (χ4v) is 9.33. The van der Waals surface area contributed by atoms with Gasteiger partial charge in [-0.1, -0.05) is 43.7 Å². The summed E-state index contributed by atoms with van der Waals surface area (Å²) in [7, 11) is 1.47. The maximum absolute atomic E-state index is 13.7. The Morgan fingerprint density at radius 2 is 1.73 bits per heavy atom. The Labute approximate surface area is 242 Å². The van der Waals surface area contributed by atoms with Crippen LogP contribution in [0.25, 0.3) is 0 Å². The van der Waals surface area contributed by atoms with Crippen molar-refractivity contribution in [2.75, 3.05) is 7.11 Å². The van der Waals surface area contributed by atoms with Crippen molar-refractivity contribution < 1.29 is 19.4 Å². The Kier molecular flexibility index (Phi) is 6.97. The van der Waals surface area contributed by atoms with Gasteiger partial charge in [-0.15, -0.1) is 0 Å². The first-order valence-corrected chi connectivity index (χ1v) is 15.1. The van der Waals surface area contributed by atoms with E-state index in [1.54, 1.807) is 24.3 Å². The van der Waals surface area contributed by atoms with Gasteiger partial charge in [0.25, 0.3) is 0 Å². The van der Waals surface area contributed by atoms with Gasteiger partial charge in [0.1, 0.15) is 5.75 Å². The molecular weight excluding hydrogens is 520 g/mol. The molecule has 0 bridgehead atoms. The van der Waals surface area contributed by atoms with Crippen LogP contribution in [0.4, 0.5) is 0 Å². The van der Waals surface area contributed by atoms with E-state index in [1.807, 2.05) is 12.1 Å². The van der Waals surface area contributed by atoms with Crippen molar-refractivity contribution in [3.05, 3.63) is 88.0 Å². The molecule has 5 heteroatoms. The molecule has 2 aromatic carbocycles. The number of ketones is 1. The number of fused-ring (bicyclic) bond motifs is 5. The van der Waals surface area contributed by atoms with Crippen LogP contribution in [-0.4, -0.2) is 24.0 Å². The van der Waals surface area contributed by atoms with Crippen molar-refractivity contribution in [3.8, 4) is 5.75 Å². The second kappa shape index (κ2) is 10.2. The minimum Gasteiger partial charge on any atom is -0.508 e. The molecule has 2 aromatic rings. The van der Waals surface area contributed by atoms with Gasteiger partial charge in [-0.2, -0.15) is 0 Å². The number of rotatable bonds is 5. The minimum absolute atomic E-state index is 0.0117. The molecule has 2 fully saturated rings. The van der Waals surface area contributed by atoms with Crippen LogP contribution in [0, 0.1) is 40.4 Å². The molecule has 0 aromatic heterocycles. The summed E-state index contributed by atoms with van der Waals surface area (Å²) in [5.74, 6) is 1.86. The van der Waals surface area contributed by atoms with Crippen LogP contribution in [0.5, 0.6) is 5.75 Å². The van der Waals surface area contributed by atoms with Gasteiger partial charge < -0.3 is 9.84 Å². The molecule has 4 nitrogen and oxygen atoms in total. The van der Waals surface area contributed by atoms with E-state index in [1.165, 1.54) is 18.2 Å². The number of halogens is 1. The molecule has 0 amide bonds. The van der Waals surface area contributed by atoms with Crippen LogP contribution in [0.1, 0.15) is 68.3 Å². The summed E-state index contributed by atoms with van der Waals surface area (Å²) >= 11 is 6.15. The summed E-state index contributed by atoms with van der Waals surface area (Å²) in [6.07, 6.45) is 11.4. The highest BCUT2D eigenvalue weighted by Gasteiger charge is 2.60. The van der Waals surface area contributed by atoms with Gasteiger partial charge in [-0.3, -0.25) is 4.79 Å². The first kappa shape index (κ1) is 27.3. The van der Waals surface area contributed by atoms with E-state index in [2.05, 4.69) is 38.1 Å². The van der Waals surface area contributed by atoms with Crippen molar-refractivity contribution in [1.29, 1.82) is 0 Å². The van der Waals surface area contributed by atoms with E-state index >= 15 is 0 Å². The fourth-order valence-electron chi connectivity index (χ4n) is 9.21. The predicted molar refractivity (Wildman–Crippen MR) is 157 cm³/mol. The highest BCUT2D eigenvalue weighted by atomic mass is 35.5. The minimum atomic E-state index is -0.230. The van der Waals surface area contributed by atoms with Gasteiger partial charge >= 0.3 is 5.97 Å². The molecule has 0 aliphatic heterocycles. The Bertz CT molecular complexity index is 1370. The van der Waals surface area contributed by atoms with Crippen molar-refractivity contribution in [3.63, 3.8) is 0 Å². The molecule has 210 valence electrons. The van der Waals surface area contributed by atoms with E-state index in [4.69, 9.17) is 16.3 Å². The third-order valence-corrected chi connectivity index (χ3v) is 11.5. The van der Waals surface area contributed by atoms with Crippen LogP contribution in [-0.2, 0) is 16.0 Å². The first-order valence-electron chi connectivity index (χ1n) is 14.7. The molecule has 4 aliphatic rings. The molecule has 0 spiro atoms. The Balaban J connectivity index is 1.29. The molecule has 0 saturated heterocycles. The molecule has 2 saturated carbocycles. The van der Waals surface area contributed by atoms with Crippen LogP contribution < -0.4 is 0 Å². The van der Waals surface area contributed by atoms with Gasteiger partial charge in [-0.05, 0) is 133 Å². The van der Waals surface area contributed by atoms with E-state index < -0.39 is 0 Å². The fraction of sp³-hybridized carbons (Fsp3) is 0.486. The number of esters is 1. The Morgan fingerprint density at radius 3 is 2.42 bits per heavy atom. The molecule has 0 radical (unpaired) electrons. The number of phenolic OH excluding ortho intramolecular Hbond substituents is 1. The van der Waals surface area contributed by atoms with Crippen molar-refractivity contribution in [1.82, 2.24) is 0 Å². The van der Waals surface area contributed by atoms with Crippen LogP contribution >= 0.6 is 11.6 Å². The number of methoxy groups -OCH3 is 1. The number of ether oxygens (including phenoxy) is 1. The first-order chi connectivity index (χ1) is 19.1. The highest BCUT2D eigenvalue weighted by molar-refractivity contribution is 6.30. The zero-order valence-corrected chi connectivity index (χ0v) is 24.4. The molecule has 40 heavy (non-hydrogen) atoms.